The second-order valence-corrected chi connectivity index (χ2v) is 4.13. The Bertz CT molecular complexity index is 279. The van der Waals surface area contributed by atoms with Gasteiger partial charge >= 0.3 is 0 Å². The lowest BCUT2D eigenvalue weighted by atomic mass is 10.4. The molecule has 1 aromatic rings. The van der Waals surface area contributed by atoms with E-state index in [0.717, 1.165) is 17.5 Å². The number of hydrogen-bond donors (Lipinski definition) is 2. The summed E-state index contributed by atoms with van der Waals surface area (Å²) in [6, 6.07) is 0.387. The Balaban J connectivity index is 2.35. The van der Waals surface area contributed by atoms with E-state index >= 15 is 0 Å². The third-order valence-corrected chi connectivity index (χ3v) is 2.32. The number of aliphatic imine (C=N–C) groups is 1. The zero-order valence-corrected chi connectivity index (χ0v) is 9.56. The molecule has 0 aromatic carbocycles. The standard InChI is InChI=1S/C9H16N4S/c1-7(2)13-9(10-3)12-6-8-11-4-5-14-8/h4-5,7H,6H2,1-3H3,(H2,10,12,13). The Morgan fingerprint density at radius 2 is 2.43 bits per heavy atom. The number of rotatable bonds is 3. The van der Waals surface area contributed by atoms with Gasteiger partial charge in [-0.25, -0.2) is 4.98 Å². The van der Waals surface area contributed by atoms with Crippen molar-refractivity contribution in [1.82, 2.24) is 15.6 Å². The van der Waals surface area contributed by atoms with Gasteiger partial charge in [-0.3, -0.25) is 4.99 Å². The first kappa shape index (κ1) is 11.0. The van der Waals surface area contributed by atoms with Crippen LogP contribution in [-0.2, 0) is 6.54 Å². The summed E-state index contributed by atoms with van der Waals surface area (Å²) in [5.74, 6) is 0.815. The van der Waals surface area contributed by atoms with Crippen LogP contribution in [0.25, 0.3) is 0 Å². The molecule has 2 N–H and O–H groups in total. The minimum absolute atomic E-state index is 0.387. The first-order valence-electron chi connectivity index (χ1n) is 4.58. The average Bonchev–Trinajstić information content (AvgIpc) is 2.64. The van der Waals surface area contributed by atoms with Crippen molar-refractivity contribution in [3.05, 3.63) is 16.6 Å². The molecule has 4 nitrogen and oxygen atoms in total. The second kappa shape index (κ2) is 5.59. The van der Waals surface area contributed by atoms with E-state index in [-0.39, 0.29) is 0 Å². The van der Waals surface area contributed by atoms with Crippen molar-refractivity contribution in [2.75, 3.05) is 7.05 Å². The van der Waals surface area contributed by atoms with Crippen molar-refractivity contribution in [3.8, 4) is 0 Å². The molecule has 0 bridgehead atoms. The molecule has 14 heavy (non-hydrogen) atoms. The molecule has 0 saturated carbocycles. The van der Waals surface area contributed by atoms with Crippen LogP contribution in [0.15, 0.2) is 16.6 Å². The number of nitrogens with one attached hydrogen (secondary N) is 2. The van der Waals surface area contributed by atoms with E-state index in [4.69, 9.17) is 0 Å². The summed E-state index contributed by atoms with van der Waals surface area (Å²) < 4.78 is 0. The summed E-state index contributed by atoms with van der Waals surface area (Å²) in [5.41, 5.74) is 0. The molecule has 0 fully saturated rings. The van der Waals surface area contributed by atoms with Gasteiger partial charge in [0.2, 0.25) is 0 Å². The molecule has 0 amide bonds. The van der Waals surface area contributed by atoms with Crippen LogP contribution in [0.2, 0.25) is 0 Å². The van der Waals surface area contributed by atoms with E-state index in [1.165, 1.54) is 0 Å². The smallest absolute Gasteiger partial charge is 0.191 e. The van der Waals surface area contributed by atoms with Gasteiger partial charge in [-0.05, 0) is 13.8 Å². The van der Waals surface area contributed by atoms with Crippen LogP contribution in [0.4, 0.5) is 0 Å². The van der Waals surface area contributed by atoms with Crippen molar-refractivity contribution < 1.29 is 0 Å². The number of aromatic nitrogens is 1. The molecule has 5 heteroatoms. The normalized spacial score (nSPS) is 11.9. The van der Waals surface area contributed by atoms with Gasteiger partial charge in [0.15, 0.2) is 5.96 Å². The molecular formula is C9H16N4S. The zero-order chi connectivity index (χ0) is 10.4. The average molecular weight is 212 g/mol. The molecule has 78 valence electrons. The van der Waals surface area contributed by atoms with Crippen molar-refractivity contribution in [2.45, 2.75) is 26.4 Å². The molecule has 0 unspecified atom stereocenters. The topological polar surface area (TPSA) is 49.3 Å². The summed E-state index contributed by atoms with van der Waals surface area (Å²) in [6.07, 6.45) is 1.81. The summed E-state index contributed by atoms with van der Waals surface area (Å²) in [5, 5.41) is 9.43. The fraction of sp³-hybridized carbons (Fsp3) is 0.556. The van der Waals surface area contributed by atoms with Crippen molar-refractivity contribution in [2.24, 2.45) is 4.99 Å². The zero-order valence-electron chi connectivity index (χ0n) is 8.74. The minimum Gasteiger partial charge on any atom is -0.354 e. The van der Waals surface area contributed by atoms with E-state index in [2.05, 4.69) is 34.5 Å². The van der Waals surface area contributed by atoms with Gasteiger partial charge in [0.05, 0.1) is 6.54 Å². The minimum atomic E-state index is 0.387. The fourth-order valence-electron chi connectivity index (χ4n) is 0.968. The SMILES string of the molecule is CN=C(NCc1nccs1)NC(C)C. The van der Waals surface area contributed by atoms with Gasteiger partial charge in [0.25, 0.3) is 0 Å². The molecule has 0 radical (unpaired) electrons. The van der Waals surface area contributed by atoms with Crippen molar-refractivity contribution >= 4 is 17.3 Å². The molecule has 0 atom stereocenters. The lowest BCUT2D eigenvalue weighted by molar-refractivity contribution is 0.698. The highest BCUT2D eigenvalue weighted by molar-refractivity contribution is 7.09. The predicted molar refractivity (Wildman–Crippen MR) is 60.6 cm³/mol. The van der Waals surface area contributed by atoms with Crippen LogP contribution < -0.4 is 10.6 Å². The van der Waals surface area contributed by atoms with E-state index in [1.807, 2.05) is 5.38 Å². The van der Waals surface area contributed by atoms with Crippen LogP contribution in [0.1, 0.15) is 18.9 Å². The molecule has 0 aliphatic heterocycles. The Hall–Kier alpha value is -1.10. The lowest BCUT2D eigenvalue weighted by Gasteiger charge is -2.13. The number of nitrogens with zero attached hydrogens (tertiary/aromatic N) is 2. The molecule has 1 aromatic heterocycles. The molecule has 1 rings (SSSR count). The Kier molecular flexibility index (Phi) is 4.39. The summed E-state index contributed by atoms with van der Waals surface area (Å²) in [6.45, 7) is 4.89. The molecule has 0 spiro atoms. The lowest BCUT2D eigenvalue weighted by Crippen LogP contribution is -2.40. The summed E-state index contributed by atoms with van der Waals surface area (Å²) >= 11 is 1.64. The molecule has 1 heterocycles. The van der Waals surface area contributed by atoms with Crippen LogP contribution in [0, 0.1) is 0 Å². The van der Waals surface area contributed by atoms with E-state index < -0.39 is 0 Å². The van der Waals surface area contributed by atoms with E-state index in [1.54, 1.807) is 24.6 Å². The first-order chi connectivity index (χ1) is 6.72. The van der Waals surface area contributed by atoms with E-state index in [0.29, 0.717) is 6.04 Å². The number of guanidine groups is 1. The Morgan fingerprint density at radius 1 is 1.64 bits per heavy atom. The Morgan fingerprint density at radius 3 is 2.93 bits per heavy atom. The highest BCUT2D eigenvalue weighted by Gasteiger charge is 2.00. The van der Waals surface area contributed by atoms with Crippen LogP contribution in [-0.4, -0.2) is 24.0 Å². The highest BCUT2D eigenvalue weighted by Crippen LogP contribution is 2.02. The third-order valence-electron chi connectivity index (χ3n) is 1.54. The molecule has 0 saturated heterocycles. The fourth-order valence-corrected chi connectivity index (χ4v) is 1.52. The number of hydrogen-bond acceptors (Lipinski definition) is 3. The van der Waals surface area contributed by atoms with Gasteiger partial charge in [-0.15, -0.1) is 11.3 Å². The quantitative estimate of drug-likeness (QED) is 0.585. The molecular weight excluding hydrogens is 196 g/mol. The molecule has 0 aliphatic carbocycles. The molecule has 0 aliphatic rings. The highest BCUT2D eigenvalue weighted by atomic mass is 32.1. The van der Waals surface area contributed by atoms with Crippen molar-refractivity contribution in [1.29, 1.82) is 0 Å². The van der Waals surface area contributed by atoms with Gasteiger partial charge in [-0.1, -0.05) is 0 Å². The van der Waals surface area contributed by atoms with Crippen LogP contribution >= 0.6 is 11.3 Å². The third kappa shape index (κ3) is 3.74. The monoisotopic (exact) mass is 212 g/mol. The van der Waals surface area contributed by atoms with Crippen molar-refractivity contribution in [3.63, 3.8) is 0 Å². The number of thiazole rings is 1. The van der Waals surface area contributed by atoms with Gasteiger partial charge in [0, 0.05) is 24.7 Å². The maximum atomic E-state index is 4.17. The Labute approximate surface area is 88.5 Å². The largest absolute Gasteiger partial charge is 0.354 e. The summed E-state index contributed by atoms with van der Waals surface area (Å²) in [7, 11) is 1.76. The van der Waals surface area contributed by atoms with E-state index in [9.17, 15) is 0 Å². The van der Waals surface area contributed by atoms with Crippen LogP contribution in [0.5, 0.6) is 0 Å². The first-order valence-corrected chi connectivity index (χ1v) is 5.46. The maximum Gasteiger partial charge on any atom is 0.191 e. The van der Waals surface area contributed by atoms with Gasteiger partial charge in [0.1, 0.15) is 5.01 Å². The van der Waals surface area contributed by atoms with Gasteiger partial charge in [-0.2, -0.15) is 0 Å². The summed E-state index contributed by atoms with van der Waals surface area (Å²) in [4.78, 5) is 8.27. The van der Waals surface area contributed by atoms with Gasteiger partial charge < -0.3 is 10.6 Å². The predicted octanol–water partition coefficient (Wildman–Crippen LogP) is 1.22. The second-order valence-electron chi connectivity index (χ2n) is 3.15. The van der Waals surface area contributed by atoms with Crippen LogP contribution in [0.3, 0.4) is 0 Å². The maximum absolute atomic E-state index is 4.17.